The summed E-state index contributed by atoms with van der Waals surface area (Å²) in [5, 5.41) is 15.3. The van der Waals surface area contributed by atoms with Crippen molar-refractivity contribution in [2.24, 2.45) is 5.14 Å². The van der Waals surface area contributed by atoms with Gasteiger partial charge in [-0.3, -0.25) is 0 Å². The Kier molecular flexibility index (Phi) is 3.17. The number of sulfonamides is 1. The molecule has 0 aromatic carbocycles. The second-order valence-electron chi connectivity index (χ2n) is 2.34. The lowest BCUT2D eigenvalue weighted by molar-refractivity contribution is 0.596. The summed E-state index contributed by atoms with van der Waals surface area (Å²) in [5.74, 6) is 0. The Bertz CT molecular complexity index is 372. The molecule has 0 aliphatic heterocycles. The molecule has 0 saturated carbocycles. The number of aromatic nitrogens is 2. The van der Waals surface area contributed by atoms with E-state index in [4.69, 9.17) is 5.14 Å². The molecular weight excluding hydrogens is 212 g/mol. The highest BCUT2D eigenvalue weighted by Crippen LogP contribution is 2.17. The highest BCUT2D eigenvalue weighted by molar-refractivity contribution is 7.91. The molecule has 3 N–H and O–H groups in total. The van der Waals surface area contributed by atoms with Crippen LogP contribution in [-0.4, -0.2) is 25.2 Å². The van der Waals surface area contributed by atoms with Crippen molar-refractivity contribution in [3.05, 3.63) is 0 Å². The fourth-order valence-corrected chi connectivity index (χ4v) is 1.99. The van der Waals surface area contributed by atoms with Crippen molar-refractivity contribution in [1.82, 2.24) is 10.2 Å². The van der Waals surface area contributed by atoms with E-state index in [-0.39, 0.29) is 4.34 Å². The monoisotopic (exact) mass is 222 g/mol. The molecule has 6 nitrogen and oxygen atoms in total. The number of hydrogen-bond donors (Lipinski definition) is 2. The molecule has 0 saturated heterocycles. The molecule has 1 rings (SSSR count). The van der Waals surface area contributed by atoms with Gasteiger partial charge < -0.3 is 5.32 Å². The predicted octanol–water partition coefficient (Wildman–Crippen LogP) is 0.00740. The van der Waals surface area contributed by atoms with Crippen molar-refractivity contribution >= 4 is 26.5 Å². The normalized spacial score (nSPS) is 11.5. The molecule has 1 heterocycles. The zero-order valence-electron chi connectivity index (χ0n) is 7.02. The Balaban J connectivity index is 2.76. The highest BCUT2D eigenvalue weighted by atomic mass is 32.2. The average Bonchev–Trinajstić information content (AvgIpc) is 2.47. The Morgan fingerprint density at radius 2 is 2.23 bits per heavy atom. The van der Waals surface area contributed by atoms with Crippen LogP contribution in [0.5, 0.6) is 0 Å². The van der Waals surface area contributed by atoms with E-state index in [1.165, 1.54) is 0 Å². The van der Waals surface area contributed by atoms with Crippen LogP contribution in [0, 0.1) is 0 Å². The first kappa shape index (κ1) is 10.4. The molecule has 0 atom stereocenters. The molecule has 8 heteroatoms. The smallest absolute Gasteiger partial charge is 0.267 e. The van der Waals surface area contributed by atoms with Gasteiger partial charge in [0.05, 0.1) is 0 Å². The Morgan fingerprint density at radius 1 is 1.54 bits per heavy atom. The number of primary sulfonamides is 1. The maximum Gasteiger partial charge on any atom is 0.267 e. The first-order chi connectivity index (χ1) is 6.04. The van der Waals surface area contributed by atoms with Crippen molar-refractivity contribution in [2.75, 3.05) is 11.9 Å². The molecule has 0 radical (unpaired) electrons. The van der Waals surface area contributed by atoms with Crippen LogP contribution in [0.15, 0.2) is 4.34 Å². The number of nitrogens with zero attached hydrogens (tertiary/aromatic N) is 2. The minimum atomic E-state index is -3.70. The van der Waals surface area contributed by atoms with E-state index < -0.39 is 10.0 Å². The quantitative estimate of drug-likeness (QED) is 0.747. The van der Waals surface area contributed by atoms with Crippen molar-refractivity contribution in [3.63, 3.8) is 0 Å². The third-order valence-electron chi connectivity index (χ3n) is 1.18. The van der Waals surface area contributed by atoms with Gasteiger partial charge in [0.2, 0.25) is 9.47 Å². The molecule has 0 aliphatic rings. The lowest BCUT2D eigenvalue weighted by Crippen LogP contribution is -2.11. The van der Waals surface area contributed by atoms with Crippen LogP contribution in [0.4, 0.5) is 5.13 Å². The van der Waals surface area contributed by atoms with E-state index in [1.807, 2.05) is 6.92 Å². The summed E-state index contributed by atoms with van der Waals surface area (Å²) in [6.45, 7) is 2.73. The SMILES string of the molecule is CCCNc1nnc(S(N)(=O)=O)s1. The van der Waals surface area contributed by atoms with Gasteiger partial charge in [0.1, 0.15) is 0 Å². The Hall–Kier alpha value is -0.730. The van der Waals surface area contributed by atoms with Crippen molar-refractivity contribution in [3.8, 4) is 0 Å². The van der Waals surface area contributed by atoms with E-state index in [2.05, 4.69) is 15.5 Å². The average molecular weight is 222 g/mol. The van der Waals surface area contributed by atoms with Gasteiger partial charge >= 0.3 is 0 Å². The third kappa shape index (κ3) is 2.90. The summed E-state index contributed by atoms with van der Waals surface area (Å²) in [7, 11) is -3.70. The van der Waals surface area contributed by atoms with E-state index in [1.54, 1.807) is 0 Å². The molecule has 0 fully saturated rings. The van der Waals surface area contributed by atoms with Gasteiger partial charge in [-0.15, -0.1) is 10.2 Å². The van der Waals surface area contributed by atoms with Gasteiger partial charge in [-0.25, -0.2) is 13.6 Å². The second-order valence-corrected chi connectivity index (χ2v) is 5.06. The second kappa shape index (κ2) is 3.99. The molecule has 1 aromatic heterocycles. The summed E-state index contributed by atoms with van der Waals surface area (Å²) in [6, 6.07) is 0. The fraction of sp³-hybridized carbons (Fsp3) is 0.600. The van der Waals surface area contributed by atoms with Crippen LogP contribution in [-0.2, 0) is 10.0 Å². The molecule has 0 amide bonds. The first-order valence-corrected chi connectivity index (χ1v) is 6.00. The van der Waals surface area contributed by atoms with E-state index in [0.717, 1.165) is 24.3 Å². The molecule has 0 bridgehead atoms. The van der Waals surface area contributed by atoms with Gasteiger partial charge in [0.15, 0.2) is 0 Å². The number of nitrogens with two attached hydrogens (primary N) is 1. The van der Waals surface area contributed by atoms with Crippen LogP contribution in [0.1, 0.15) is 13.3 Å². The van der Waals surface area contributed by atoms with Gasteiger partial charge in [0.25, 0.3) is 10.0 Å². The van der Waals surface area contributed by atoms with Crippen LogP contribution in [0.3, 0.4) is 0 Å². The Labute approximate surface area is 80.2 Å². The maximum atomic E-state index is 10.8. The molecular formula is C5H10N4O2S2. The highest BCUT2D eigenvalue weighted by Gasteiger charge is 2.14. The largest absolute Gasteiger partial charge is 0.360 e. The zero-order valence-corrected chi connectivity index (χ0v) is 8.65. The Morgan fingerprint density at radius 3 is 2.69 bits per heavy atom. The van der Waals surface area contributed by atoms with Gasteiger partial charge in [0, 0.05) is 6.54 Å². The van der Waals surface area contributed by atoms with Crippen molar-refractivity contribution in [1.29, 1.82) is 0 Å². The standard InChI is InChI=1S/C5H10N4O2S2/c1-2-3-7-4-8-9-5(12-4)13(6,10)11/h2-3H2,1H3,(H,7,8)(H2,6,10,11). The van der Waals surface area contributed by atoms with Gasteiger partial charge in [-0.05, 0) is 6.42 Å². The number of anilines is 1. The summed E-state index contributed by atoms with van der Waals surface area (Å²) in [4.78, 5) is 0. The molecule has 1 aromatic rings. The topological polar surface area (TPSA) is 98.0 Å². The van der Waals surface area contributed by atoms with E-state index >= 15 is 0 Å². The first-order valence-electron chi connectivity index (χ1n) is 3.64. The molecule has 0 aliphatic carbocycles. The van der Waals surface area contributed by atoms with Crippen LogP contribution >= 0.6 is 11.3 Å². The minimum Gasteiger partial charge on any atom is -0.360 e. The zero-order chi connectivity index (χ0) is 9.90. The lowest BCUT2D eigenvalue weighted by Gasteiger charge is -1.94. The molecule has 0 unspecified atom stereocenters. The van der Waals surface area contributed by atoms with E-state index in [9.17, 15) is 8.42 Å². The van der Waals surface area contributed by atoms with Crippen molar-refractivity contribution in [2.45, 2.75) is 17.7 Å². The molecule has 74 valence electrons. The number of nitrogens with one attached hydrogen (secondary N) is 1. The van der Waals surface area contributed by atoms with Gasteiger partial charge in [-0.1, -0.05) is 18.3 Å². The number of rotatable bonds is 4. The van der Waals surface area contributed by atoms with Crippen LogP contribution < -0.4 is 10.5 Å². The maximum absolute atomic E-state index is 10.8. The van der Waals surface area contributed by atoms with Crippen molar-refractivity contribution < 1.29 is 8.42 Å². The lowest BCUT2D eigenvalue weighted by atomic mass is 10.5. The summed E-state index contributed by atoms with van der Waals surface area (Å²) >= 11 is 0.933. The fourth-order valence-electron chi connectivity index (χ4n) is 0.628. The molecule has 0 spiro atoms. The molecule has 13 heavy (non-hydrogen) atoms. The summed E-state index contributed by atoms with van der Waals surface area (Å²) in [5.41, 5.74) is 0. The van der Waals surface area contributed by atoms with E-state index in [0.29, 0.717) is 5.13 Å². The number of hydrogen-bond acceptors (Lipinski definition) is 6. The summed E-state index contributed by atoms with van der Waals surface area (Å²) in [6.07, 6.45) is 0.935. The third-order valence-corrected chi connectivity index (χ3v) is 3.37. The van der Waals surface area contributed by atoms with Crippen LogP contribution in [0.25, 0.3) is 0 Å². The summed E-state index contributed by atoms with van der Waals surface area (Å²) < 4.78 is 21.4. The predicted molar refractivity (Wildman–Crippen MR) is 50.1 cm³/mol. The van der Waals surface area contributed by atoms with Gasteiger partial charge in [-0.2, -0.15) is 0 Å². The minimum absolute atomic E-state index is 0.161. The van der Waals surface area contributed by atoms with Crippen LogP contribution in [0.2, 0.25) is 0 Å².